The fraction of sp³-hybridized carbons (Fsp3) is 0.684. The van der Waals surface area contributed by atoms with Crippen molar-refractivity contribution in [3.05, 3.63) is 28.3 Å². The van der Waals surface area contributed by atoms with E-state index in [2.05, 4.69) is 18.7 Å². The van der Waals surface area contributed by atoms with Crippen LogP contribution in [0.5, 0.6) is 5.75 Å². The molecule has 1 saturated heterocycles. The SMILES string of the molecule is Cc1c(Cl)ccc(OCCOCCN2CC(C)CC(C)C2)c1C. The normalized spacial score (nSPS) is 22.3. The number of halogens is 1. The fourth-order valence-corrected chi connectivity index (χ4v) is 3.60. The molecule has 2 unspecified atom stereocenters. The zero-order valence-electron chi connectivity index (χ0n) is 14.9. The molecule has 3 nitrogen and oxygen atoms in total. The van der Waals surface area contributed by atoms with Crippen LogP contribution in [0.3, 0.4) is 0 Å². The summed E-state index contributed by atoms with van der Waals surface area (Å²) < 4.78 is 11.5. The van der Waals surface area contributed by atoms with Crippen LogP contribution in [0.4, 0.5) is 0 Å². The van der Waals surface area contributed by atoms with Crippen molar-refractivity contribution in [3.63, 3.8) is 0 Å². The van der Waals surface area contributed by atoms with E-state index < -0.39 is 0 Å². The van der Waals surface area contributed by atoms with E-state index in [9.17, 15) is 0 Å². The standard InChI is InChI=1S/C19H30ClNO2/c1-14-11-15(2)13-21(12-14)7-8-22-9-10-23-19-6-5-18(20)16(3)17(19)4/h5-6,14-15H,7-13H2,1-4H3. The van der Waals surface area contributed by atoms with Crippen molar-refractivity contribution in [3.8, 4) is 5.75 Å². The van der Waals surface area contributed by atoms with Crippen LogP contribution in [-0.2, 0) is 4.74 Å². The van der Waals surface area contributed by atoms with Crippen molar-refractivity contribution in [2.75, 3.05) is 39.5 Å². The predicted molar refractivity (Wildman–Crippen MR) is 96.6 cm³/mol. The van der Waals surface area contributed by atoms with Crippen LogP contribution in [0.1, 0.15) is 31.4 Å². The van der Waals surface area contributed by atoms with E-state index in [0.29, 0.717) is 13.2 Å². The lowest BCUT2D eigenvalue weighted by atomic mass is 9.92. The molecule has 0 spiro atoms. The molecule has 0 N–H and O–H groups in total. The largest absolute Gasteiger partial charge is 0.491 e. The van der Waals surface area contributed by atoms with Gasteiger partial charge < -0.3 is 14.4 Å². The second kappa shape index (κ2) is 8.91. The van der Waals surface area contributed by atoms with Crippen molar-refractivity contribution >= 4 is 11.6 Å². The number of hydrogen-bond acceptors (Lipinski definition) is 3. The van der Waals surface area contributed by atoms with Gasteiger partial charge in [-0.05, 0) is 55.4 Å². The van der Waals surface area contributed by atoms with Gasteiger partial charge in [-0.3, -0.25) is 0 Å². The van der Waals surface area contributed by atoms with Crippen LogP contribution >= 0.6 is 11.6 Å². The molecule has 0 bridgehead atoms. The van der Waals surface area contributed by atoms with E-state index in [1.807, 2.05) is 26.0 Å². The van der Waals surface area contributed by atoms with E-state index in [-0.39, 0.29) is 0 Å². The highest BCUT2D eigenvalue weighted by atomic mass is 35.5. The molecule has 1 aliphatic heterocycles. The number of rotatable bonds is 7. The predicted octanol–water partition coefficient (Wildman–Crippen LogP) is 4.33. The Morgan fingerprint density at radius 2 is 1.74 bits per heavy atom. The second-order valence-electron chi connectivity index (χ2n) is 6.96. The van der Waals surface area contributed by atoms with Crippen LogP contribution in [0, 0.1) is 25.7 Å². The van der Waals surface area contributed by atoms with Gasteiger partial charge in [0.1, 0.15) is 12.4 Å². The summed E-state index contributed by atoms with van der Waals surface area (Å²) in [5, 5.41) is 0.788. The zero-order valence-corrected chi connectivity index (χ0v) is 15.7. The lowest BCUT2D eigenvalue weighted by molar-refractivity contribution is 0.0594. The van der Waals surface area contributed by atoms with Crippen molar-refractivity contribution in [1.82, 2.24) is 4.90 Å². The van der Waals surface area contributed by atoms with Gasteiger partial charge in [0.15, 0.2) is 0 Å². The molecule has 1 aromatic carbocycles. The highest BCUT2D eigenvalue weighted by Crippen LogP contribution is 2.27. The highest BCUT2D eigenvalue weighted by Gasteiger charge is 2.21. The molecule has 1 aromatic rings. The Hall–Kier alpha value is -0.770. The Morgan fingerprint density at radius 1 is 1.04 bits per heavy atom. The molecule has 23 heavy (non-hydrogen) atoms. The molecule has 4 heteroatoms. The summed E-state index contributed by atoms with van der Waals surface area (Å²) in [5.74, 6) is 2.51. The third-order valence-electron chi connectivity index (χ3n) is 4.65. The number of piperidine rings is 1. The Bertz CT molecular complexity index is 496. The third-order valence-corrected chi connectivity index (χ3v) is 5.06. The topological polar surface area (TPSA) is 21.7 Å². The molecule has 1 heterocycles. The maximum absolute atomic E-state index is 6.10. The first-order valence-corrected chi connectivity index (χ1v) is 9.03. The Morgan fingerprint density at radius 3 is 2.43 bits per heavy atom. The fourth-order valence-electron chi connectivity index (χ4n) is 3.40. The first-order chi connectivity index (χ1) is 11.0. The summed E-state index contributed by atoms with van der Waals surface area (Å²) in [7, 11) is 0. The van der Waals surface area contributed by atoms with E-state index >= 15 is 0 Å². The molecule has 130 valence electrons. The van der Waals surface area contributed by atoms with Gasteiger partial charge in [-0.25, -0.2) is 0 Å². The van der Waals surface area contributed by atoms with E-state index in [0.717, 1.165) is 46.9 Å². The third kappa shape index (κ3) is 5.66. The van der Waals surface area contributed by atoms with Gasteiger partial charge in [-0.15, -0.1) is 0 Å². The Labute approximate surface area is 145 Å². The summed E-state index contributed by atoms with van der Waals surface area (Å²) in [6.45, 7) is 14.1. The Kier molecular flexibility index (Phi) is 7.19. The van der Waals surface area contributed by atoms with Crippen LogP contribution in [0.2, 0.25) is 5.02 Å². The van der Waals surface area contributed by atoms with Gasteiger partial charge in [0, 0.05) is 24.7 Å². The summed E-state index contributed by atoms with van der Waals surface area (Å²) >= 11 is 6.10. The summed E-state index contributed by atoms with van der Waals surface area (Å²) in [5.41, 5.74) is 2.19. The van der Waals surface area contributed by atoms with Gasteiger partial charge in [0.05, 0.1) is 13.2 Å². The number of nitrogens with zero attached hydrogens (tertiary/aromatic N) is 1. The van der Waals surface area contributed by atoms with Gasteiger partial charge >= 0.3 is 0 Å². The van der Waals surface area contributed by atoms with E-state index in [1.54, 1.807) is 0 Å². The number of hydrogen-bond donors (Lipinski definition) is 0. The molecular formula is C19H30ClNO2. The quantitative estimate of drug-likeness (QED) is 0.690. The van der Waals surface area contributed by atoms with Crippen LogP contribution in [0.25, 0.3) is 0 Å². The number of ether oxygens (including phenoxy) is 2. The van der Waals surface area contributed by atoms with Crippen LogP contribution in [0.15, 0.2) is 12.1 Å². The van der Waals surface area contributed by atoms with Gasteiger partial charge in [0.25, 0.3) is 0 Å². The van der Waals surface area contributed by atoms with Gasteiger partial charge in [-0.1, -0.05) is 25.4 Å². The lowest BCUT2D eigenvalue weighted by Crippen LogP contribution is -2.40. The molecule has 0 aliphatic carbocycles. The lowest BCUT2D eigenvalue weighted by Gasteiger charge is -2.34. The minimum absolute atomic E-state index is 0.578. The molecule has 0 amide bonds. The van der Waals surface area contributed by atoms with Gasteiger partial charge in [0.2, 0.25) is 0 Å². The molecule has 0 aromatic heterocycles. The second-order valence-corrected chi connectivity index (χ2v) is 7.37. The Balaban J connectivity index is 1.62. The smallest absolute Gasteiger partial charge is 0.122 e. The highest BCUT2D eigenvalue weighted by molar-refractivity contribution is 6.31. The molecule has 1 fully saturated rings. The van der Waals surface area contributed by atoms with Gasteiger partial charge in [-0.2, -0.15) is 0 Å². The number of benzene rings is 1. The molecular weight excluding hydrogens is 310 g/mol. The average molecular weight is 340 g/mol. The minimum atomic E-state index is 0.578. The van der Waals surface area contributed by atoms with Crippen molar-refractivity contribution in [1.29, 1.82) is 0 Å². The van der Waals surface area contributed by atoms with E-state index in [1.165, 1.54) is 19.5 Å². The van der Waals surface area contributed by atoms with Crippen LogP contribution in [-0.4, -0.2) is 44.4 Å². The summed E-state index contributed by atoms with van der Waals surface area (Å²) in [6.07, 6.45) is 1.35. The number of likely N-dealkylation sites (tertiary alicyclic amines) is 1. The van der Waals surface area contributed by atoms with Crippen molar-refractivity contribution in [2.24, 2.45) is 11.8 Å². The monoisotopic (exact) mass is 339 g/mol. The molecule has 0 saturated carbocycles. The average Bonchev–Trinajstić information content (AvgIpc) is 2.49. The first-order valence-electron chi connectivity index (χ1n) is 8.66. The van der Waals surface area contributed by atoms with E-state index in [4.69, 9.17) is 21.1 Å². The van der Waals surface area contributed by atoms with Crippen molar-refractivity contribution in [2.45, 2.75) is 34.1 Å². The maximum atomic E-state index is 6.10. The summed E-state index contributed by atoms with van der Waals surface area (Å²) in [6, 6.07) is 3.82. The minimum Gasteiger partial charge on any atom is -0.491 e. The van der Waals surface area contributed by atoms with Crippen LogP contribution < -0.4 is 4.74 Å². The zero-order chi connectivity index (χ0) is 16.8. The first kappa shape index (κ1) is 18.6. The molecule has 2 atom stereocenters. The van der Waals surface area contributed by atoms with Crippen molar-refractivity contribution < 1.29 is 9.47 Å². The molecule has 2 rings (SSSR count). The molecule has 1 aliphatic rings. The summed E-state index contributed by atoms with van der Waals surface area (Å²) in [4.78, 5) is 2.52. The molecule has 0 radical (unpaired) electrons. The maximum Gasteiger partial charge on any atom is 0.122 e.